The summed E-state index contributed by atoms with van der Waals surface area (Å²) in [6.07, 6.45) is 2.88. The van der Waals surface area contributed by atoms with Crippen LogP contribution in [0.5, 0.6) is 5.75 Å². The zero-order valence-electron chi connectivity index (χ0n) is 12.2. The van der Waals surface area contributed by atoms with Crippen molar-refractivity contribution in [1.82, 2.24) is 15.4 Å². The van der Waals surface area contributed by atoms with Gasteiger partial charge in [0.2, 0.25) is 5.91 Å². The van der Waals surface area contributed by atoms with Crippen LogP contribution in [0, 0.1) is 13.8 Å². The first kappa shape index (κ1) is 16.1. The molecule has 0 saturated heterocycles. The van der Waals surface area contributed by atoms with E-state index in [1.165, 1.54) is 23.7 Å². The summed E-state index contributed by atoms with van der Waals surface area (Å²) < 4.78 is 0. The molecule has 0 fully saturated rings. The molecule has 22 heavy (non-hydrogen) atoms. The first-order valence-electron chi connectivity index (χ1n) is 6.52. The lowest BCUT2D eigenvalue weighted by atomic mass is 10.1. The Morgan fingerprint density at radius 3 is 2.91 bits per heavy atom. The van der Waals surface area contributed by atoms with Gasteiger partial charge in [-0.15, -0.1) is 11.3 Å². The van der Waals surface area contributed by atoms with E-state index in [0.717, 1.165) is 5.01 Å². The average molecular weight is 320 g/mol. The standard InChI is InChI=1S/C14H16N4O3S/c1-8-14(21)12(10(6-19)4-15-8)5-16-18-13(20)3-11-7-22-9(2)17-11/h4-5,7,19,21H,3,6H2,1-2H3,(H,18,20). The Morgan fingerprint density at radius 1 is 1.50 bits per heavy atom. The van der Waals surface area contributed by atoms with Crippen molar-refractivity contribution in [2.45, 2.75) is 26.9 Å². The Kier molecular flexibility index (Phi) is 5.18. The lowest BCUT2D eigenvalue weighted by Crippen LogP contribution is -2.20. The van der Waals surface area contributed by atoms with Gasteiger partial charge in [-0.2, -0.15) is 5.10 Å². The van der Waals surface area contributed by atoms with Crippen LogP contribution in [0.1, 0.15) is 27.5 Å². The molecule has 0 spiro atoms. The first-order chi connectivity index (χ1) is 10.5. The van der Waals surface area contributed by atoms with E-state index in [1.54, 1.807) is 6.92 Å². The number of nitrogens with zero attached hydrogens (tertiary/aromatic N) is 3. The van der Waals surface area contributed by atoms with E-state index >= 15 is 0 Å². The van der Waals surface area contributed by atoms with Crippen molar-refractivity contribution in [3.8, 4) is 5.75 Å². The maximum atomic E-state index is 11.7. The SMILES string of the molecule is Cc1nc(CC(=O)NN=Cc2c(CO)cnc(C)c2O)cs1. The summed E-state index contributed by atoms with van der Waals surface area (Å²) in [6, 6.07) is 0. The van der Waals surface area contributed by atoms with Crippen LogP contribution in [-0.4, -0.2) is 32.3 Å². The lowest BCUT2D eigenvalue weighted by molar-refractivity contribution is -0.120. The zero-order chi connectivity index (χ0) is 16.1. The van der Waals surface area contributed by atoms with Crippen LogP contribution in [0.2, 0.25) is 0 Å². The van der Waals surface area contributed by atoms with E-state index in [0.29, 0.717) is 22.5 Å². The molecule has 116 valence electrons. The number of rotatable bonds is 5. The van der Waals surface area contributed by atoms with Crippen LogP contribution in [-0.2, 0) is 17.8 Å². The molecule has 0 aliphatic carbocycles. The van der Waals surface area contributed by atoms with Gasteiger partial charge in [-0.25, -0.2) is 10.4 Å². The van der Waals surface area contributed by atoms with Crippen molar-refractivity contribution in [2.24, 2.45) is 5.10 Å². The molecule has 0 bridgehead atoms. The minimum atomic E-state index is -0.308. The Morgan fingerprint density at radius 2 is 2.27 bits per heavy atom. The van der Waals surface area contributed by atoms with Gasteiger partial charge in [0.25, 0.3) is 0 Å². The molecule has 0 aromatic carbocycles. The van der Waals surface area contributed by atoms with Crippen LogP contribution in [0.3, 0.4) is 0 Å². The third-order valence-corrected chi connectivity index (χ3v) is 3.74. The van der Waals surface area contributed by atoms with Gasteiger partial charge < -0.3 is 10.2 Å². The van der Waals surface area contributed by atoms with E-state index in [4.69, 9.17) is 0 Å². The predicted octanol–water partition coefficient (Wildman–Crippen LogP) is 1.05. The second-order valence-electron chi connectivity index (χ2n) is 4.62. The average Bonchev–Trinajstić information content (AvgIpc) is 2.88. The van der Waals surface area contributed by atoms with Crippen LogP contribution >= 0.6 is 11.3 Å². The summed E-state index contributed by atoms with van der Waals surface area (Å²) >= 11 is 1.48. The number of carbonyl (C=O) groups is 1. The number of aromatic hydroxyl groups is 1. The number of hydrogen-bond donors (Lipinski definition) is 3. The number of pyridine rings is 1. The van der Waals surface area contributed by atoms with E-state index in [1.807, 2.05) is 12.3 Å². The second kappa shape index (κ2) is 7.10. The number of aliphatic hydroxyl groups is 1. The number of nitrogens with one attached hydrogen (secondary N) is 1. The third kappa shape index (κ3) is 3.86. The number of hydrogen-bond acceptors (Lipinski definition) is 7. The molecule has 0 atom stereocenters. The fourth-order valence-electron chi connectivity index (χ4n) is 1.78. The number of carbonyl (C=O) groups excluding carboxylic acids is 1. The van der Waals surface area contributed by atoms with Crippen molar-refractivity contribution in [1.29, 1.82) is 0 Å². The topological polar surface area (TPSA) is 108 Å². The molecule has 8 heteroatoms. The molecule has 0 unspecified atom stereocenters. The maximum Gasteiger partial charge on any atom is 0.246 e. The number of hydrazone groups is 1. The molecule has 2 aromatic rings. The van der Waals surface area contributed by atoms with E-state index in [2.05, 4.69) is 20.5 Å². The van der Waals surface area contributed by atoms with Crippen molar-refractivity contribution in [3.63, 3.8) is 0 Å². The van der Waals surface area contributed by atoms with Gasteiger partial charge in [0.05, 0.1) is 35.6 Å². The van der Waals surface area contributed by atoms with Gasteiger partial charge in [0.15, 0.2) is 0 Å². The zero-order valence-corrected chi connectivity index (χ0v) is 13.0. The normalized spacial score (nSPS) is 11.0. The van der Waals surface area contributed by atoms with Crippen LogP contribution in [0.25, 0.3) is 0 Å². The Hall–Kier alpha value is -2.32. The summed E-state index contributed by atoms with van der Waals surface area (Å²) in [5, 5.41) is 25.7. The van der Waals surface area contributed by atoms with Crippen LogP contribution in [0.15, 0.2) is 16.7 Å². The number of amides is 1. The third-order valence-electron chi connectivity index (χ3n) is 2.92. The highest BCUT2D eigenvalue weighted by molar-refractivity contribution is 7.09. The summed E-state index contributed by atoms with van der Waals surface area (Å²) in [7, 11) is 0. The number of aliphatic hydroxyl groups excluding tert-OH is 1. The molecule has 0 radical (unpaired) electrons. The van der Waals surface area contributed by atoms with Gasteiger partial charge in [-0.05, 0) is 13.8 Å². The highest BCUT2D eigenvalue weighted by Crippen LogP contribution is 2.21. The molecular weight excluding hydrogens is 304 g/mol. The number of aryl methyl sites for hydroxylation is 2. The minimum absolute atomic E-state index is 0.0697. The molecule has 2 heterocycles. The van der Waals surface area contributed by atoms with Crippen molar-refractivity contribution >= 4 is 23.5 Å². The molecule has 0 saturated carbocycles. The van der Waals surface area contributed by atoms with Gasteiger partial charge in [-0.3, -0.25) is 9.78 Å². The fourth-order valence-corrected chi connectivity index (χ4v) is 2.40. The number of aromatic nitrogens is 2. The Labute approximate surface area is 131 Å². The molecule has 1 amide bonds. The predicted molar refractivity (Wildman–Crippen MR) is 82.9 cm³/mol. The van der Waals surface area contributed by atoms with E-state index < -0.39 is 0 Å². The smallest absolute Gasteiger partial charge is 0.246 e. The Balaban J connectivity index is 2.03. The van der Waals surface area contributed by atoms with Gasteiger partial charge in [0, 0.05) is 22.7 Å². The van der Waals surface area contributed by atoms with Crippen molar-refractivity contribution < 1.29 is 15.0 Å². The second-order valence-corrected chi connectivity index (χ2v) is 5.68. The van der Waals surface area contributed by atoms with Crippen LogP contribution < -0.4 is 5.43 Å². The minimum Gasteiger partial charge on any atom is -0.505 e. The summed E-state index contributed by atoms with van der Waals surface area (Å²) in [4.78, 5) is 19.9. The summed E-state index contributed by atoms with van der Waals surface area (Å²) in [5.41, 5.74) is 4.24. The fraction of sp³-hybridized carbons (Fsp3) is 0.286. The number of thiazole rings is 1. The molecule has 2 rings (SSSR count). The lowest BCUT2D eigenvalue weighted by Gasteiger charge is -2.06. The summed E-state index contributed by atoms with van der Waals surface area (Å²) in [6.45, 7) is 3.22. The monoisotopic (exact) mass is 320 g/mol. The van der Waals surface area contributed by atoms with Gasteiger partial charge in [-0.1, -0.05) is 0 Å². The van der Waals surface area contributed by atoms with Gasteiger partial charge in [0.1, 0.15) is 5.75 Å². The van der Waals surface area contributed by atoms with Crippen LogP contribution in [0.4, 0.5) is 0 Å². The van der Waals surface area contributed by atoms with Crippen molar-refractivity contribution in [3.05, 3.63) is 39.1 Å². The largest absolute Gasteiger partial charge is 0.505 e. The molecule has 2 aromatic heterocycles. The van der Waals surface area contributed by atoms with Crippen molar-refractivity contribution in [2.75, 3.05) is 0 Å². The molecule has 3 N–H and O–H groups in total. The first-order valence-corrected chi connectivity index (χ1v) is 7.40. The highest BCUT2D eigenvalue weighted by atomic mass is 32.1. The van der Waals surface area contributed by atoms with E-state index in [-0.39, 0.29) is 24.7 Å². The maximum absolute atomic E-state index is 11.7. The van der Waals surface area contributed by atoms with Gasteiger partial charge >= 0.3 is 0 Å². The quantitative estimate of drug-likeness (QED) is 0.564. The molecule has 7 nitrogen and oxygen atoms in total. The Bertz CT molecular complexity index is 712. The highest BCUT2D eigenvalue weighted by Gasteiger charge is 2.10. The summed E-state index contributed by atoms with van der Waals surface area (Å²) in [5.74, 6) is -0.378. The molecule has 0 aliphatic heterocycles. The molecular formula is C14H16N4O3S. The molecule has 0 aliphatic rings. The van der Waals surface area contributed by atoms with E-state index in [9.17, 15) is 15.0 Å².